The Hall–Kier alpha value is -1.21. The van der Waals surface area contributed by atoms with E-state index in [0.717, 1.165) is 5.01 Å². The lowest BCUT2D eigenvalue weighted by Crippen LogP contribution is -2.31. The first kappa shape index (κ1) is 15.8. The molecule has 3 N–H and O–H groups in total. The van der Waals surface area contributed by atoms with Gasteiger partial charge < -0.3 is 10.4 Å². The van der Waals surface area contributed by atoms with Crippen molar-refractivity contribution in [3.63, 3.8) is 0 Å². The fourth-order valence-corrected chi connectivity index (χ4v) is 2.07. The third-order valence-corrected chi connectivity index (χ3v) is 3.79. The van der Waals surface area contributed by atoms with Crippen LogP contribution in [0.15, 0.2) is 0 Å². The Balaban J connectivity index is 2.38. The molecule has 19 heavy (non-hydrogen) atoms. The Bertz CT molecular complexity index is 414. The normalized spacial score (nSPS) is 13.1. The summed E-state index contributed by atoms with van der Waals surface area (Å²) in [5, 5.41) is 24.0. The van der Waals surface area contributed by atoms with E-state index in [1.54, 1.807) is 0 Å². The molecule has 1 aromatic heterocycles. The number of aliphatic hydroxyl groups excluding tert-OH is 1. The maximum absolute atomic E-state index is 11.6. The van der Waals surface area contributed by atoms with Gasteiger partial charge in [-0.1, -0.05) is 39.0 Å². The van der Waals surface area contributed by atoms with E-state index in [-0.39, 0.29) is 17.6 Å². The number of rotatable bonds is 5. The van der Waals surface area contributed by atoms with Crippen LogP contribution in [-0.2, 0) is 5.41 Å². The molecular weight excluding hydrogens is 264 g/mol. The average molecular weight is 286 g/mol. The number of urea groups is 1. The largest absolute Gasteiger partial charge is 0.393 e. The highest BCUT2D eigenvalue weighted by atomic mass is 32.1. The fraction of sp³-hybridized carbons (Fsp3) is 0.750. The van der Waals surface area contributed by atoms with Crippen molar-refractivity contribution >= 4 is 22.5 Å². The van der Waals surface area contributed by atoms with Crippen LogP contribution in [0.4, 0.5) is 9.93 Å². The van der Waals surface area contributed by atoms with Gasteiger partial charge in [-0.2, -0.15) is 0 Å². The summed E-state index contributed by atoms with van der Waals surface area (Å²) in [6.07, 6.45) is 0.872. The Labute approximate surface area is 117 Å². The molecule has 108 valence electrons. The monoisotopic (exact) mass is 286 g/mol. The van der Waals surface area contributed by atoms with Crippen LogP contribution in [0.3, 0.4) is 0 Å². The average Bonchev–Trinajstić information content (AvgIpc) is 2.77. The second-order valence-corrected chi connectivity index (χ2v) is 6.37. The smallest absolute Gasteiger partial charge is 0.321 e. The number of carbonyl (C=O) groups excluding carboxylic acids is 1. The van der Waals surface area contributed by atoms with Gasteiger partial charge in [0, 0.05) is 12.0 Å². The van der Waals surface area contributed by atoms with E-state index in [0.29, 0.717) is 24.5 Å². The summed E-state index contributed by atoms with van der Waals surface area (Å²) in [5.41, 5.74) is -0.0701. The first-order chi connectivity index (χ1) is 8.82. The van der Waals surface area contributed by atoms with Crippen LogP contribution >= 0.6 is 11.3 Å². The highest BCUT2D eigenvalue weighted by molar-refractivity contribution is 7.15. The summed E-state index contributed by atoms with van der Waals surface area (Å²) in [6.45, 7) is 8.47. The van der Waals surface area contributed by atoms with E-state index in [4.69, 9.17) is 0 Å². The van der Waals surface area contributed by atoms with Crippen molar-refractivity contribution in [2.45, 2.75) is 52.1 Å². The van der Waals surface area contributed by atoms with Crippen LogP contribution in [0, 0.1) is 0 Å². The number of amides is 2. The molecule has 0 aromatic carbocycles. The third-order valence-electron chi connectivity index (χ3n) is 2.52. The maximum atomic E-state index is 11.6. The molecule has 0 aliphatic rings. The summed E-state index contributed by atoms with van der Waals surface area (Å²) < 4.78 is 0. The first-order valence-electron chi connectivity index (χ1n) is 6.39. The van der Waals surface area contributed by atoms with Crippen LogP contribution in [0.25, 0.3) is 0 Å². The van der Waals surface area contributed by atoms with Crippen molar-refractivity contribution in [2.75, 3.05) is 11.9 Å². The summed E-state index contributed by atoms with van der Waals surface area (Å²) in [4.78, 5) is 11.6. The lowest BCUT2D eigenvalue weighted by molar-refractivity contribution is 0.160. The molecule has 0 fully saturated rings. The van der Waals surface area contributed by atoms with Gasteiger partial charge in [0.1, 0.15) is 5.01 Å². The molecule has 1 atom stereocenters. The van der Waals surface area contributed by atoms with Gasteiger partial charge in [-0.3, -0.25) is 5.32 Å². The van der Waals surface area contributed by atoms with Crippen LogP contribution in [-0.4, -0.2) is 34.0 Å². The molecule has 0 saturated carbocycles. The molecule has 6 nitrogen and oxygen atoms in total. The van der Waals surface area contributed by atoms with E-state index >= 15 is 0 Å². The molecule has 1 rings (SSSR count). The molecule has 2 amide bonds. The third kappa shape index (κ3) is 5.52. The molecule has 0 radical (unpaired) electrons. The van der Waals surface area contributed by atoms with Crippen molar-refractivity contribution in [3.05, 3.63) is 5.01 Å². The van der Waals surface area contributed by atoms with Crippen LogP contribution < -0.4 is 10.6 Å². The number of hydrogen-bond acceptors (Lipinski definition) is 5. The van der Waals surface area contributed by atoms with Gasteiger partial charge >= 0.3 is 6.03 Å². The standard InChI is InChI=1S/C12H22N4O2S/c1-5-8(17)6-7-13-10(18)14-11-16-15-9(19-11)12(2,3)4/h8,17H,5-7H2,1-4H3,(H2,13,14,16,18). The molecule has 0 aliphatic heterocycles. The van der Waals surface area contributed by atoms with Crippen LogP contribution in [0.5, 0.6) is 0 Å². The number of nitrogens with zero attached hydrogens (tertiary/aromatic N) is 2. The Kier molecular flexibility index (Phi) is 5.68. The number of nitrogens with one attached hydrogen (secondary N) is 2. The van der Waals surface area contributed by atoms with Crippen LogP contribution in [0.2, 0.25) is 0 Å². The highest BCUT2D eigenvalue weighted by Gasteiger charge is 2.19. The Morgan fingerprint density at radius 1 is 1.42 bits per heavy atom. The second kappa shape index (κ2) is 6.81. The summed E-state index contributed by atoms with van der Waals surface area (Å²) >= 11 is 1.37. The molecule has 7 heteroatoms. The van der Waals surface area contributed by atoms with Gasteiger partial charge in [-0.15, -0.1) is 10.2 Å². The van der Waals surface area contributed by atoms with E-state index in [9.17, 15) is 9.90 Å². The molecule has 0 bridgehead atoms. The number of aliphatic hydroxyl groups is 1. The Morgan fingerprint density at radius 3 is 2.63 bits per heavy atom. The predicted octanol–water partition coefficient (Wildman–Crippen LogP) is 2.12. The van der Waals surface area contributed by atoms with Gasteiger partial charge in [-0.25, -0.2) is 4.79 Å². The fourth-order valence-electron chi connectivity index (χ4n) is 1.27. The zero-order valence-corrected chi connectivity index (χ0v) is 12.7. The topological polar surface area (TPSA) is 87.1 Å². The van der Waals surface area contributed by atoms with E-state index in [2.05, 4.69) is 20.8 Å². The SMILES string of the molecule is CCC(O)CCNC(=O)Nc1nnc(C(C)(C)C)s1. The molecular formula is C12H22N4O2S. The molecule has 0 spiro atoms. The molecule has 1 unspecified atom stereocenters. The number of aromatic nitrogens is 2. The minimum atomic E-state index is -0.366. The van der Waals surface area contributed by atoms with Crippen molar-refractivity contribution in [1.82, 2.24) is 15.5 Å². The number of anilines is 1. The van der Waals surface area contributed by atoms with E-state index in [1.165, 1.54) is 11.3 Å². The summed E-state index contributed by atoms with van der Waals surface area (Å²) in [6, 6.07) is -0.320. The Morgan fingerprint density at radius 2 is 2.11 bits per heavy atom. The summed E-state index contributed by atoms with van der Waals surface area (Å²) in [5.74, 6) is 0. The second-order valence-electron chi connectivity index (χ2n) is 5.39. The van der Waals surface area contributed by atoms with Gasteiger partial charge in [-0.05, 0) is 12.8 Å². The van der Waals surface area contributed by atoms with E-state index in [1.807, 2.05) is 27.7 Å². The highest BCUT2D eigenvalue weighted by Crippen LogP contribution is 2.27. The molecule has 1 aromatic rings. The van der Waals surface area contributed by atoms with Crippen molar-refractivity contribution < 1.29 is 9.90 Å². The first-order valence-corrected chi connectivity index (χ1v) is 7.21. The van der Waals surface area contributed by atoms with Gasteiger partial charge in [0.15, 0.2) is 0 Å². The lowest BCUT2D eigenvalue weighted by Gasteiger charge is -2.12. The minimum Gasteiger partial charge on any atom is -0.393 e. The van der Waals surface area contributed by atoms with Crippen LogP contribution in [0.1, 0.15) is 45.5 Å². The zero-order valence-electron chi connectivity index (χ0n) is 11.9. The number of hydrogen-bond donors (Lipinski definition) is 3. The van der Waals surface area contributed by atoms with E-state index < -0.39 is 0 Å². The number of carbonyl (C=O) groups is 1. The summed E-state index contributed by atoms with van der Waals surface area (Å²) in [7, 11) is 0. The molecule has 0 aliphatic carbocycles. The zero-order chi connectivity index (χ0) is 14.5. The van der Waals surface area contributed by atoms with Crippen molar-refractivity contribution in [1.29, 1.82) is 0 Å². The predicted molar refractivity (Wildman–Crippen MR) is 76.5 cm³/mol. The van der Waals surface area contributed by atoms with Gasteiger partial charge in [0.25, 0.3) is 0 Å². The minimum absolute atomic E-state index is 0.0701. The molecule has 1 heterocycles. The van der Waals surface area contributed by atoms with Gasteiger partial charge in [0.2, 0.25) is 5.13 Å². The van der Waals surface area contributed by atoms with Crippen molar-refractivity contribution in [3.8, 4) is 0 Å². The quantitative estimate of drug-likeness (QED) is 0.773. The maximum Gasteiger partial charge on any atom is 0.321 e. The molecule has 0 saturated heterocycles. The van der Waals surface area contributed by atoms with Gasteiger partial charge in [0.05, 0.1) is 6.10 Å². The van der Waals surface area contributed by atoms with Crippen molar-refractivity contribution in [2.24, 2.45) is 0 Å². The lowest BCUT2D eigenvalue weighted by atomic mass is 9.98.